The fraction of sp³-hybridized carbons (Fsp3) is 0.647. The molecule has 0 radical (unpaired) electrons. The first-order valence-corrected chi connectivity index (χ1v) is 9.32. The number of aromatic nitrogens is 4. The van der Waals surface area contributed by atoms with Gasteiger partial charge in [0, 0.05) is 32.6 Å². The van der Waals surface area contributed by atoms with Crippen molar-refractivity contribution in [3.05, 3.63) is 18.0 Å². The molecule has 11 heteroatoms. The van der Waals surface area contributed by atoms with E-state index in [9.17, 15) is 18.0 Å². The smallest absolute Gasteiger partial charge is 0.378 e. The first-order chi connectivity index (χ1) is 13.4. The predicted octanol–water partition coefficient (Wildman–Crippen LogP) is 1.61. The number of carbonyl (C=O) groups is 1. The number of nitrogens with zero attached hydrogens (tertiary/aromatic N) is 6. The molecule has 0 atom stereocenters. The Bertz CT molecular complexity index is 841. The third-order valence-electron chi connectivity index (χ3n) is 5.27. The van der Waals surface area contributed by atoms with Gasteiger partial charge in [0.05, 0.1) is 13.2 Å². The van der Waals surface area contributed by atoms with Crippen LogP contribution in [-0.2, 0) is 15.7 Å². The minimum atomic E-state index is -4.61. The van der Waals surface area contributed by atoms with Crippen LogP contribution >= 0.6 is 0 Å². The molecule has 0 unspecified atom stereocenters. The molecule has 152 valence electrons. The molecule has 4 rings (SSSR count). The van der Waals surface area contributed by atoms with Crippen LogP contribution in [0.3, 0.4) is 0 Å². The van der Waals surface area contributed by atoms with Gasteiger partial charge in [-0.25, -0.2) is 0 Å². The van der Waals surface area contributed by atoms with Gasteiger partial charge in [-0.15, -0.1) is 15.3 Å². The fourth-order valence-electron chi connectivity index (χ4n) is 3.68. The molecule has 0 N–H and O–H groups in total. The Morgan fingerprint density at radius 3 is 2.50 bits per heavy atom. The van der Waals surface area contributed by atoms with Gasteiger partial charge in [-0.2, -0.15) is 17.7 Å². The average molecular weight is 398 g/mol. The third kappa shape index (κ3) is 3.89. The number of piperidine rings is 1. The van der Waals surface area contributed by atoms with Crippen LogP contribution in [0.1, 0.15) is 25.1 Å². The number of carbonyl (C=O) groups excluding carboxylic acids is 1. The monoisotopic (exact) mass is 398 g/mol. The van der Waals surface area contributed by atoms with Gasteiger partial charge >= 0.3 is 6.18 Å². The fourth-order valence-corrected chi connectivity index (χ4v) is 3.68. The summed E-state index contributed by atoms with van der Waals surface area (Å²) >= 11 is 0. The van der Waals surface area contributed by atoms with Gasteiger partial charge in [-0.1, -0.05) is 0 Å². The second-order valence-corrected chi connectivity index (χ2v) is 7.11. The molecule has 2 aromatic rings. The van der Waals surface area contributed by atoms with E-state index < -0.39 is 12.0 Å². The standard InChI is InChI=1S/C17H21F3N6O2/c18-17(19,20)16-22-21-13-1-2-14(23-26(13)16)24-5-3-12(4-6-24)11-15(27)25-7-9-28-10-8-25/h1-2,12H,3-11H2. The van der Waals surface area contributed by atoms with Crippen molar-refractivity contribution in [1.82, 2.24) is 24.7 Å². The van der Waals surface area contributed by atoms with Gasteiger partial charge in [-0.3, -0.25) is 4.79 Å². The van der Waals surface area contributed by atoms with E-state index in [0.29, 0.717) is 51.6 Å². The lowest BCUT2D eigenvalue weighted by molar-refractivity contribution is -0.146. The second kappa shape index (κ2) is 7.53. The van der Waals surface area contributed by atoms with Crippen molar-refractivity contribution in [3.63, 3.8) is 0 Å². The predicted molar refractivity (Wildman–Crippen MR) is 92.7 cm³/mol. The highest BCUT2D eigenvalue weighted by Gasteiger charge is 2.38. The minimum Gasteiger partial charge on any atom is -0.378 e. The highest BCUT2D eigenvalue weighted by molar-refractivity contribution is 5.76. The molecule has 8 nitrogen and oxygen atoms in total. The van der Waals surface area contributed by atoms with Crippen molar-refractivity contribution in [2.75, 3.05) is 44.3 Å². The molecule has 4 heterocycles. The highest BCUT2D eigenvalue weighted by Crippen LogP contribution is 2.29. The summed E-state index contributed by atoms with van der Waals surface area (Å²) in [5.74, 6) is -0.248. The Hall–Kier alpha value is -2.43. The summed E-state index contributed by atoms with van der Waals surface area (Å²) in [6.07, 6.45) is -2.52. The van der Waals surface area contributed by atoms with E-state index in [2.05, 4.69) is 15.3 Å². The molecule has 0 bridgehead atoms. The number of alkyl halides is 3. The van der Waals surface area contributed by atoms with Crippen molar-refractivity contribution in [1.29, 1.82) is 0 Å². The number of hydrogen-bond acceptors (Lipinski definition) is 6. The van der Waals surface area contributed by atoms with Crippen LogP contribution in [0.5, 0.6) is 0 Å². The van der Waals surface area contributed by atoms with Crippen LogP contribution in [0.15, 0.2) is 12.1 Å². The lowest BCUT2D eigenvalue weighted by atomic mass is 9.93. The normalized spacial score (nSPS) is 19.4. The largest absolute Gasteiger partial charge is 0.453 e. The van der Waals surface area contributed by atoms with Crippen molar-refractivity contribution in [2.24, 2.45) is 5.92 Å². The maximum atomic E-state index is 13.0. The van der Waals surface area contributed by atoms with E-state index >= 15 is 0 Å². The summed E-state index contributed by atoms with van der Waals surface area (Å²) in [6.45, 7) is 3.74. The van der Waals surface area contributed by atoms with Crippen LogP contribution in [0, 0.1) is 5.92 Å². The minimum absolute atomic E-state index is 0.0575. The van der Waals surface area contributed by atoms with Crippen LogP contribution < -0.4 is 4.90 Å². The molecule has 2 aliphatic heterocycles. The van der Waals surface area contributed by atoms with Gasteiger partial charge in [0.15, 0.2) is 5.65 Å². The molecule has 2 saturated heterocycles. The Kier molecular flexibility index (Phi) is 5.09. The Balaban J connectivity index is 1.39. The van der Waals surface area contributed by atoms with E-state index in [0.717, 1.165) is 17.4 Å². The lowest BCUT2D eigenvalue weighted by Crippen LogP contribution is -2.42. The average Bonchev–Trinajstić information content (AvgIpc) is 3.13. The van der Waals surface area contributed by atoms with E-state index in [1.165, 1.54) is 6.07 Å². The molecule has 28 heavy (non-hydrogen) atoms. The lowest BCUT2D eigenvalue weighted by Gasteiger charge is -2.34. The number of morpholine rings is 1. The van der Waals surface area contributed by atoms with Crippen molar-refractivity contribution in [2.45, 2.75) is 25.4 Å². The van der Waals surface area contributed by atoms with E-state index in [1.807, 2.05) is 9.80 Å². The maximum absolute atomic E-state index is 13.0. The number of ether oxygens (including phenoxy) is 1. The SMILES string of the molecule is O=C(CC1CCN(c2ccc3nnc(C(F)(F)F)n3n2)CC1)N1CCOCC1. The van der Waals surface area contributed by atoms with E-state index in [1.54, 1.807) is 6.07 Å². The number of rotatable bonds is 3. The summed E-state index contributed by atoms with van der Waals surface area (Å²) in [7, 11) is 0. The first kappa shape index (κ1) is 18.9. The molecule has 0 aliphatic carbocycles. The maximum Gasteiger partial charge on any atom is 0.453 e. The number of halogens is 3. The second-order valence-electron chi connectivity index (χ2n) is 7.11. The summed E-state index contributed by atoms with van der Waals surface area (Å²) < 4.78 is 45.1. The Morgan fingerprint density at radius 1 is 1.11 bits per heavy atom. The van der Waals surface area contributed by atoms with Crippen LogP contribution in [-0.4, -0.2) is 70.0 Å². The van der Waals surface area contributed by atoms with Crippen LogP contribution in [0.4, 0.5) is 19.0 Å². The third-order valence-corrected chi connectivity index (χ3v) is 5.27. The zero-order valence-electron chi connectivity index (χ0n) is 15.2. The summed E-state index contributed by atoms with van der Waals surface area (Å²) in [6, 6.07) is 3.14. The molecular formula is C17H21F3N6O2. The Labute approximate surface area is 159 Å². The summed E-state index contributed by atoms with van der Waals surface area (Å²) in [5.41, 5.74) is 0.0575. The molecular weight excluding hydrogens is 377 g/mol. The summed E-state index contributed by atoms with van der Waals surface area (Å²) in [4.78, 5) is 16.2. The van der Waals surface area contributed by atoms with Crippen molar-refractivity contribution < 1.29 is 22.7 Å². The highest BCUT2D eigenvalue weighted by atomic mass is 19.4. The zero-order valence-corrected chi connectivity index (χ0v) is 15.2. The topological polar surface area (TPSA) is 75.9 Å². The molecule has 2 fully saturated rings. The van der Waals surface area contributed by atoms with Crippen LogP contribution in [0.25, 0.3) is 5.65 Å². The van der Waals surface area contributed by atoms with Gasteiger partial charge in [0.2, 0.25) is 5.91 Å². The van der Waals surface area contributed by atoms with Gasteiger partial charge < -0.3 is 14.5 Å². The van der Waals surface area contributed by atoms with Crippen molar-refractivity contribution >= 4 is 17.4 Å². The van der Waals surface area contributed by atoms with E-state index in [-0.39, 0.29) is 17.5 Å². The molecule has 0 spiro atoms. The number of hydrogen-bond donors (Lipinski definition) is 0. The number of fused-ring (bicyclic) bond motifs is 1. The molecule has 0 saturated carbocycles. The molecule has 1 amide bonds. The zero-order chi connectivity index (χ0) is 19.7. The first-order valence-electron chi connectivity index (χ1n) is 9.32. The molecule has 0 aromatic carbocycles. The summed E-state index contributed by atoms with van der Waals surface area (Å²) in [5, 5.41) is 10.8. The van der Waals surface area contributed by atoms with Gasteiger partial charge in [0.1, 0.15) is 5.82 Å². The van der Waals surface area contributed by atoms with E-state index in [4.69, 9.17) is 4.74 Å². The number of amides is 1. The molecule has 2 aliphatic rings. The van der Waals surface area contributed by atoms with Crippen molar-refractivity contribution in [3.8, 4) is 0 Å². The van der Waals surface area contributed by atoms with Gasteiger partial charge in [0.25, 0.3) is 5.82 Å². The van der Waals surface area contributed by atoms with Crippen LogP contribution in [0.2, 0.25) is 0 Å². The number of anilines is 1. The molecule has 2 aromatic heterocycles. The quantitative estimate of drug-likeness (QED) is 0.782. The van der Waals surface area contributed by atoms with Gasteiger partial charge in [-0.05, 0) is 30.9 Å². The Morgan fingerprint density at radius 2 is 1.82 bits per heavy atom.